The third kappa shape index (κ3) is 2.13. The zero-order chi connectivity index (χ0) is 11.7. The highest BCUT2D eigenvalue weighted by Gasteiger charge is 2.11. The molecule has 0 saturated carbocycles. The number of fused-ring (bicyclic) bond motifs is 1. The fraction of sp³-hybridized carbons (Fsp3) is 0.286. The lowest BCUT2D eigenvalue weighted by Crippen LogP contribution is -1.98. The van der Waals surface area contributed by atoms with E-state index in [-0.39, 0.29) is 0 Å². The Balaban J connectivity index is 1.69. The van der Waals surface area contributed by atoms with Crippen molar-refractivity contribution in [2.75, 3.05) is 11.9 Å². The SMILES string of the molecule is Cc1ccc(CNc2ccc3c(c2)CCO3)o1. The Labute approximate surface area is 100 Å². The maximum atomic E-state index is 5.51. The molecule has 0 amide bonds. The summed E-state index contributed by atoms with van der Waals surface area (Å²) in [5, 5.41) is 3.35. The summed E-state index contributed by atoms with van der Waals surface area (Å²) >= 11 is 0. The van der Waals surface area contributed by atoms with Crippen molar-refractivity contribution in [2.45, 2.75) is 19.9 Å². The van der Waals surface area contributed by atoms with Gasteiger partial charge in [0.25, 0.3) is 0 Å². The third-order valence-corrected chi connectivity index (χ3v) is 2.95. The first-order chi connectivity index (χ1) is 8.31. The van der Waals surface area contributed by atoms with Crippen LogP contribution in [0.2, 0.25) is 0 Å². The predicted molar refractivity (Wildman–Crippen MR) is 66.4 cm³/mol. The van der Waals surface area contributed by atoms with Gasteiger partial charge < -0.3 is 14.5 Å². The van der Waals surface area contributed by atoms with Gasteiger partial charge >= 0.3 is 0 Å². The highest BCUT2D eigenvalue weighted by atomic mass is 16.5. The third-order valence-electron chi connectivity index (χ3n) is 2.95. The molecule has 17 heavy (non-hydrogen) atoms. The Bertz CT molecular complexity index is 531. The van der Waals surface area contributed by atoms with E-state index in [1.54, 1.807) is 0 Å². The molecule has 1 aliphatic heterocycles. The van der Waals surface area contributed by atoms with Gasteiger partial charge in [0.05, 0.1) is 13.2 Å². The Morgan fingerprint density at radius 1 is 1.24 bits per heavy atom. The molecule has 3 heteroatoms. The molecule has 0 spiro atoms. The van der Waals surface area contributed by atoms with E-state index in [1.807, 2.05) is 31.2 Å². The molecule has 0 atom stereocenters. The van der Waals surface area contributed by atoms with E-state index in [4.69, 9.17) is 9.15 Å². The molecule has 0 radical (unpaired) electrons. The second kappa shape index (κ2) is 4.17. The molecule has 1 aromatic heterocycles. The molecular formula is C14H15NO2. The minimum atomic E-state index is 0.716. The molecule has 1 aromatic carbocycles. The van der Waals surface area contributed by atoms with Gasteiger partial charge in [-0.1, -0.05) is 0 Å². The molecule has 1 N–H and O–H groups in total. The molecule has 0 aliphatic carbocycles. The van der Waals surface area contributed by atoms with E-state index in [0.29, 0.717) is 6.54 Å². The standard InChI is InChI=1S/C14H15NO2/c1-10-2-4-13(17-10)9-15-12-3-5-14-11(8-12)6-7-16-14/h2-5,8,15H,6-7,9H2,1H3. The molecule has 0 bridgehead atoms. The zero-order valence-corrected chi connectivity index (χ0v) is 9.82. The Morgan fingerprint density at radius 3 is 3.00 bits per heavy atom. The Kier molecular flexibility index (Phi) is 2.52. The molecule has 0 unspecified atom stereocenters. The maximum absolute atomic E-state index is 5.51. The van der Waals surface area contributed by atoms with Crippen LogP contribution in [0.5, 0.6) is 5.75 Å². The predicted octanol–water partition coefficient (Wildman–Crippen LogP) is 3.14. The summed E-state index contributed by atoms with van der Waals surface area (Å²) in [6.45, 7) is 3.47. The van der Waals surface area contributed by atoms with E-state index in [0.717, 1.165) is 36.0 Å². The summed E-state index contributed by atoms with van der Waals surface area (Å²) in [6.07, 6.45) is 1.00. The lowest BCUT2D eigenvalue weighted by atomic mass is 10.1. The number of nitrogens with one attached hydrogen (secondary N) is 1. The largest absolute Gasteiger partial charge is 0.493 e. The van der Waals surface area contributed by atoms with Crippen LogP contribution >= 0.6 is 0 Å². The van der Waals surface area contributed by atoms with Crippen molar-refractivity contribution in [3.63, 3.8) is 0 Å². The lowest BCUT2D eigenvalue weighted by molar-refractivity contribution is 0.357. The number of aryl methyl sites for hydroxylation is 1. The van der Waals surface area contributed by atoms with E-state index in [9.17, 15) is 0 Å². The number of benzene rings is 1. The summed E-state index contributed by atoms with van der Waals surface area (Å²) in [4.78, 5) is 0. The molecule has 3 rings (SSSR count). The molecule has 2 heterocycles. The number of hydrogen-bond donors (Lipinski definition) is 1. The zero-order valence-electron chi connectivity index (χ0n) is 9.82. The second-order valence-electron chi connectivity index (χ2n) is 4.29. The van der Waals surface area contributed by atoms with Gasteiger partial charge in [-0.3, -0.25) is 0 Å². The molecule has 2 aromatic rings. The Morgan fingerprint density at radius 2 is 2.18 bits per heavy atom. The molecule has 0 fully saturated rings. The van der Waals surface area contributed by atoms with Crippen molar-refractivity contribution >= 4 is 5.69 Å². The van der Waals surface area contributed by atoms with Crippen LogP contribution in [0.4, 0.5) is 5.69 Å². The molecule has 3 nitrogen and oxygen atoms in total. The highest BCUT2D eigenvalue weighted by molar-refractivity contribution is 5.52. The number of furan rings is 1. The first-order valence-corrected chi connectivity index (χ1v) is 5.86. The lowest BCUT2D eigenvalue weighted by Gasteiger charge is -2.06. The van der Waals surface area contributed by atoms with Gasteiger partial charge in [-0.15, -0.1) is 0 Å². The van der Waals surface area contributed by atoms with Gasteiger partial charge in [0.2, 0.25) is 0 Å². The fourth-order valence-electron chi connectivity index (χ4n) is 2.07. The van der Waals surface area contributed by atoms with Crippen LogP contribution in [0.1, 0.15) is 17.1 Å². The van der Waals surface area contributed by atoms with E-state index < -0.39 is 0 Å². The van der Waals surface area contributed by atoms with Gasteiger partial charge in [0.1, 0.15) is 17.3 Å². The number of ether oxygens (including phenoxy) is 1. The number of hydrogen-bond acceptors (Lipinski definition) is 3. The van der Waals surface area contributed by atoms with Gasteiger partial charge in [0, 0.05) is 12.1 Å². The van der Waals surface area contributed by atoms with Crippen LogP contribution in [0.15, 0.2) is 34.7 Å². The van der Waals surface area contributed by atoms with Crippen molar-refractivity contribution in [3.8, 4) is 5.75 Å². The van der Waals surface area contributed by atoms with Gasteiger partial charge in [0.15, 0.2) is 0 Å². The quantitative estimate of drug-likeness (QED) is 0.878. The van der Waals surface area contributed by atoms with Crippen molar-refractivity contribution in [3.05, 3.63) is 47.4 Å². The van der Waals surface area contributed by atoms with Crippen LogP contribution in [-0.2, 0) is 13.0 Å². The highest BCUT2D eigenvalue weighted by Crippen LogP contribution is 2.28. The van der Waals surface area contributed by atoms with Crippen LogP contribution in [0.25, 0.3) is 0 Å². The number of rotatable bonds is 3. The summed E-state index contributed by atoms with van der Waals surface area (Å²) in [7, 11) is 0. The summed E-state index contributed by atoms with van der Waals surface area (Å²) in [5.41, 5.74) is 2.40. The molecular weight excluding hydrogens is 214 g/mol. The average molecular weight is 229 g/mol. The van der Waals surface area contributed by atoms with Gasteiger partial charge in [-0.05, 0) is 42.8 Å². The first-order valence-electron chi connectivity index (χ1n) is 5.86. The van der Waals surface area contributed by atoms with Crippen LogP contribution in [0, 0.1) is 6.92 Å². The smallest absolute Gasteiger partial charge is 0.123 e. The van der Waals surface area contributed by atoms with Crippen LogP contribution in [-0.4, -0.2) is 6.61 Å². The molecule has 88 valence electrons. The normalized spacial score (nSPS) is 13.2. The minimum Gasteiger partial charge on any atom is -0.493 e. The molecule has 1 aliphatic rings. The fourth-order valence-corrected chi connectivity index (χ4v) is 2.07. The minimum absolute atomic E-state index is 0.716. The summed E-state index contributed by atoms with van der Waals surface area (Å²) in [5.74, 6) is 2.92. The average Bonchev–Trinajstić information content (AvgIpc) is 2.94. The second-order valence-corrected chi connectivity index (χ2v) is 4.29. The topological polar surface area (TPSA) is 34.4 Å². The van der Waals surface area contributed by atoms with E-state index in [2.05, 4.69) is 11.4 Å². The van der Waals surface area contributed by atoms with Gasteiger partial charge in [-0.25, -0.2) is 0 Å². The summed E-state index contributed by atoms with van der Waals surface area (Å²) < 4.78 is 11.0. The first kappa shape index (κ1) is 10.3. The summed E-state index contributed by atoms with van der Waals surface area (Å²) in [6, 6.07) is 10.2. The van der Waals surface area contributed by atoms with Crippen LogP contribution in [0.3, 0.4) is 0 Å². The number of anilines is 1. The van der Waals surface area contributed by atoms with Gasteiger partial charge in [-0.2, -0.15) is 0 Å². The van der Waals surface area contributed by atoms with Crippen molar-refractivity contribution in [1.82, 2.24) is 0 Å². The monoisotopic (exact) mass is 229 g/mol. The van der Waals surface area contributed by atoms with Crippen LogP contribution < -0.4 is 10.1 Å². The molecule has 0 saturated heterocycles. The van der Waals surface area contributed by atoms with Crippen molar-refractivity contribution in [1.29, 1.82) is 0 Å². The van der Waals surface area contributed by atoms with Crippen molar-refractivity contribution < 1.29 is 9.15 Å². The maximum Gasteiger partial charge on any atom is 0.123 e. The Hall–Kier alpha value is -1.90. The van der Waals surface area contributed by atoms with Crippen molar-refractivity contribution in [2.24, 2.45) is 0 Å². The van der Waals surface area contributed by atoms with E-state index >= 15 is 0 Å². The van der Waals surface area contributed by atoms with E-state index in [1.165, 1.54) is 5.56 Å².